The molecule has 1 aromatic rings. The average molecular weight is 276 g/mol. The van der Waals surface area contributed by atoms with Crippen molar-refractivity contribution in [3.8, 4) is 0 Å². The van der Waals surface area contributed by atoms with E-state index < -0.39 is 0 Å². The van der Waals surface area contributed by atoms with Crippen molar-refractivity contribution in [1.82, 2.24) is 20.0 Å². The van der Waals surface area contributed by atoms with Gasteiger partial charge in [0.15, 0.2) is 0 Å². The number of aryl methyl sites for hydroxylation is 1. The van der Waals surface area contributed by atoms with Gasteiger partial charge in [0, 0.05) is 38.3 Å². The molecule has 1 fully saturated rings. The first-order valence-corrected chi connectivity index (χ1v) is 7.11. The van der Waals surface area contributed by atoms with Crippen LogP contribution in [-0.2, 0) is 23.1 Å². The first-order chi connectivity index (χ1) is 9.56. The van der Waals surface area contributed by atoms with Crippen molar-refractivity contribution in [3.05, 3.63) is 17.5 Å². The molecule has 1 aromatic heterocycles. The van der Waals surface area contributed by atoms with Crippen LogP contribution < -0.4 is 5.32 Å². The van der Waals surface area contributed by atoms with Gasteiger partial charge in [0.25, 0.3) is 0 Å². The first-order valence-electron chi connectivity index (χ1n) is 7.11. The van der Waals surface area contributed by atoms with E-state index in [1.165, 1.54) is 5.69 Å². The lowest BCUT2D eigenvalue weighted by atomic mass is 9.92. The van der Waals surface area contributed by atoms with Crippen molar-refractivity contribution in [2.24, 2.45) is 13.0 Å². The minimum absolute atomic E-state index is 0.00981. The quantitative estimate of drug-likeness (QED) is 0.850. The molecule has 1 aliphatic carbocycles. The summed E-state index contributed by atoms with van der Waals surface area (Å²) in [5.41, 5.74) is 2.34. The molecule has 6 heteroatoms. The molecule has 6 nitrogen and oxygen atoms in total. The van der Waals surface area contributed by atoms with Gasteiger partial charge in [-0.25, -0.2) is 0 Å². The highest BCUT2D eigenvalue weighted by molar-refractivity contribution is 5.89. The van der Waals surface area contributed by atoms with Crippen molar-refractivity contribution in [1.29, 1.82) is 0 Å². The summed E-state index contributed by atoms with van der Waals surface area (Å²) in [5.74, 6) is -0.171. The predicted octanol–water partition coefficient (Wildman–Crippen LogP) is 0.392. The molecule has 2 atom stereocenters. The lowest BCUT2D eigenvalue weighted by Gasteiger charge is -2.25. The predicted molar refractivity (Wildman–Crippen MR) is 72.8 cm³/mol. The SMILES string of the molecule is CN1C[C@H](C(=O)N[C@H]2CCCc3c2cnn3C)CC1=O. The van der Waals surface area contributed by atoms with E-state index in [1.807, 2.05) is 17.9 Å². The summed E-state index contributed by atoms with van der Waals surface area (Å²) in [6.45, 7) is 0.525. The van der Waals surface area contributed by atoms with Gasteiger partial charge >= 0.3 is 0 Å². The Bertz CT molecular complexity index is 551. The van der Waals surface area contributed by atoms with Gasteiger partial charge in [-0.05, 0) is 19.3 Å². The lowest BCUT2D eigenvalue weighted by Crippen LogP contribution is -2.36. The molecular formula is C14H20N4O2. The maximum atomic E-state index is 12.3. The molecule has 1 aliphatic heterocycles. The van der Waals surface area contributed by atoms with Crippen LogP contribution in [0, 0.1) is 5.92 Å². The molecule has 0 aromatic carbocycles. The van der Waals surface area contributed by atoms with Crippen LogP contribution in [0.15, 0.2) is 6.20 Å². The van der Waals surface area contributed by atoms with Gasteiger partial charge in [-0.15, -0.1) is 0 Å². The van der Waals surface area contributed by atoms with Crippen LogP contribution in [0.3, 0.4) is 0 Å². The molecule has 1 N–H and O–H groups in total. The summed E-state index contributed by atoms with van der Waals surface area (Å²) in [7, 11) is 3.68. The van der Waals surface area contributed by atoms with Crippen LogP contribution in [-0.4, -0.2) is 40.1 Å². The molecule has 0 saturated carbocycles. The number of nitrogens with zero attached hydrogens (tertiary/aromatic N) is 3. The Kier molecular flexibility index (Phi) is 3.23. The normalized spacial score (nSPS) is 25.7. The molecule has 2 aliphatic rings. The molecule has 2 heterocycles. The first kappa shape index (κ1) is 13.1. The average Bonchev–Trinajstić information content (AvgIpc) is 2.95. The van der Waals surface area contributed by atoms with Crippen LogP contribution >= 0.6 is 0 Å². The number of likely N-dealkylation sites (tertiary alicyclic amines) is 1. The third kappa shape index (κ3) is 2.19. The van der Waals surface area contributed by atoms with Crippen molar-refractivity contribution in [3.63, 3.8) is 0 Å². The van der Waals surface area contributed by atoms with E-state index >= 15 is 0 Å². The van der Waals surface area contributed by atoms with Gasteiger partial charge in [-0.3, -0.25) is 14.3 Å². The Morgan fingerprint density at radius 3 is 2.95 bits per heavy atom. The summed E-state index contributed by atoms with van der Waals surface area (Å²) in [4.78, 5) is 25.4. The Morgan fingerprint density at radius 2 is 2.25 bits per heavy atom. The largest absolute Gasteiger partial charge is 0.349 e. The maximum absolute atomic E-state index is 12.3. The van der Waals surface area contributed by atoms with Crippen LogP contribution in [0.2, 0.25) is 0 Å². The van der Waals surface area contributed by atoms with Crippen molar-refractivity contribution in [2.45, 2.75) is 31.7 Å². The van der Waals surface area contributed by atoms with Crippen molar-refractivity contribution >= 4 is 11.8 Å². The van der Waals surface area contributed by atoms with Gasteiger partial charge in [0.1, 0.15) is 0 Å². The fourth-order valence-corrected chi connectivity index (χ4v) is 3.18. The smallest absolute Gasteiger partial charge is 0.225 e. The number of aromatic nitrogens is 2. The fourth-order valence-electron chi connectivity index (χ4n) is 3.18. The van der Waals surface area contributed by atoms with E-state index in [0.29, 0.717) is 13.0 Å². The van der Waals surface area contributed by atoms with Crippen LogP contribution in [0.1, 0.15) is 36.6 Å². The second kappa shape index (κ2) is 4.92. The van der Waals surface area contributed by atoms with E-state index in [9.17, 15) is 9.59 Å². The third-order valence-corrected chi connectivity index (χ3v) is 4.40. The summed E-state index contributed by atoms with van der Waals surface area (Å²) >= 11 is 0. The van der Waals surface area contributed by atoms with E-state index in [4.69, 9.17) is 0 Å². The number of carbonyl (C=O) groups excluding carboxylic acids is 2. The summed E-state index contributed by atoms with van der Waals surface area (Å²) in [6.07, 6.45) is 5.20. The molecule has 20 heavy (non-hydrogen) atoms. The molecule has 1 saturated heterocycles. The third-order valence-electron chi connectivity index (χ3n) is 4.40. The number of hydrogen-bond acceptors (Lipinski definition) is 3. The topological polar surface area (TPSA) is 67.2 Å². The highest BCUT2D eigenvalue weighted by Crippen LogP contribution is 2.29. The van der Waals surface area contributed by atoms with Crippen LogP contribution in [0.25, 0.3) is 0 Å². The highest BCUT2D eigenvalue weighted by atomic mass is 16.2. The van der Waals surface area contributed by atoms with E-state index in [-0.39, 0.29) is 23.8 Å². The minimum atomic E-state index is -0.213. The Hall–Kier alpha value is -1.85. The van der Waals surface area contributed by atoms with Gasteiger partial charge < -0.3 is 10.2 Å². The van der Waals surface area contributed by atoms with E-state index in [0.717, 1.165) is 24.8 Å². The van der Waals surface area contributed by atoms with E-state index in [1.54, 1.807) is 11.9 Å². The standard InChI is InChI=1S/C14H20N4O2/c1-17-8-9(6-13(17)19)14(20)16-11-4-3-5-12-10(11)7-15-18(12)2/h7,9,11H,3-6,8H2,1-2H3,(H,16,20)/t9-,11+/m1/s1. The Labute approximate surface area is 118 Å². The number of nitrogens with one attached hydrogen (secondary N) is 1. The minimum Gasteiger partial charge on any atom is -0.349 e. The molecule has 3 rings (SSSR count). The summed E-state index contributed by atoms with van der Waals surface area (Å²) in [5, 5.41) is 7.38. The highest BCUT2D eigenvalue weighted by Gasteiger charge is 2.34. The van der Waals surface area contributed by atoms with E-state index in [2.05, 4.69) is 10.4 Å². The van der Waals surface area contributed by atoms with Crippen LogP contribution in [0.4, 0.5) is 0 Å². The molecule has 0 spiro atoms. The molecule has 108 valence electrons. The summed E-state index contributed by atoms with van der Waals surface area (Å²) in [6, 6.07) is 0.0426. The van der Waals surface area contributed by atoms with Gasteiger partial charge in [0.2, 0.25) is 11.8 Å². The van der Waals surface area contributed by atoms with Crippen molar-refractivity contribution < 1.29 is 9.59 Å². The fraction of sp³-hybridized carbons (Fsp3) is 0.643. The zero-order chi connectivity index (χ0) is 14.3. The second-order valence-corrected chi connectivity index (χ2v) is 5.80. The Balaban J connectivity index is 1.70. The lowest BCUT2D eigenvalue weighted by molar-refractivity contribution is -0.128. The number of fused-ring (bicyclic) bond motifs is 1. The van der Waals surface area contributed by atoms with Gasteiger partial charge in [-0.1, -0.05) is 0 Å². The van der Waals surface area contributed by atoms with Gasteiger partial charge in [0.05, 0.1) is 18.2 Å². The number of amides is 2. The molecule has 0 unspecified atom stereocenters. The molecule has 2 amide bonds. The Morgan fingerprint density at radius 1 is 1.45 bits per heavy atom. The zero-order valence-corrected chi connectivity index (χ0v) is 11.9. The monoisotopic (exact) mass is 276 g/mol. The van der Waals surface area contributed by atoms with Gasteiger partial charge in [-0.2, -0.15) is 5.10 Å². The second-order valence-electron chi connectivity index (χ2n) is 5.80. The molecular weight excluding hydrogens is 256 g/mol. The zero-order valence-electron chi connectivity index (χ0n) is 11.9. The molecule has 0 bridgehead atoms. The van der Waals surface area contributed by atoms with Crippen LogP contribution in [0.5, 0.6) is 0 Å². The van der Waals surface area contributed by atoms with Crippen molar-refractivity contribution in [2.75, 3.05) is 13.6 Å². The number of carbonyl (C=O) groups is 2. The maximum Gasteiger partial charge on any atom is 0.225 e. The number of rotatable bonds is 2. The number of hydrogen-bond donors (Lipinski definition) is 1. The summed E-state index contributed by atoms with van der Waals surface area (Å²) < 4.78 is 1.89. The molecule has 0 radical (unpaired) electrons.